The summed E-state index contributed by atoms with van der Waals surface area (Å²) >= 11 is 1.97. The van der Waals surface area contributed by atoms with Crippen molar-refractivity contribution in [1.29, 1.82) is 5.26 Å². The van der Waals surface area contributed by atoms with E-state index in [-0.39, 0.29) is 4.75 Å². The molecule has 0 aromatic heterocycles. The molecule has 0 radical (unpaired) electrons. The Bertz CT molecular complexity index is 505. The van der Waals surface area contributed by atoms with Crippen molar-refractivity contribution in [2.45, 2.75) is 31.6 Å². The van der Waals surface area contributed by atoms with Gasteiger partial charge in [-0.15, -0.1) is 0 Å². The summed E-state index contributed by atoms with van der Waals surface area (Å²) in [6, 6.07) is 7.72. The SMILES string of the molecule is C[C@@H](O)c1ccc(C#N)cc1N1CCSC(C)(C)C1. The van der Waals surface area contributed by atoms with Crippen LogP contribution < -0.4 is 4.90 Å². The molecular formula is C15H20N2OS. The monoisotopic (exact) mass is 276 g/mol. The molecule has 1 heterocycles. The zero-order chi connectivity index (χ0) is 14.0. The number of hydrogen-bond acceptors (Lipinski definition) is 4. The molecular weight excluding hydrogens is 256 g/mol. The van der Waals surface area contributed by atoms with Gasteiger partial charge in [-0.1, -0.05) is 6.07 Å². The molecule has 1 atom stereocenters. The van der Waals surface area contributed by atoms with Crippen LogP contribution in [-0.2, 0) is 0 Å². The van der Waals surface area contributed by atoms with Crippen molar-refractivity contribution in [3.05, 3.63) is 29.3 Å². The Morgan fingerprint density at radius 1 is 1.47 bits per heavy atom. The summed E-state index contributed by atoms with van der Waals surface area (Å²) in [4.78, 5) is 2.29. The van der Waals surface area contributed by atoms with E-state index >= 15 is 0 Å². The molecule has 0 unspecified atom stereocenters. The summed E-state index contributed by atoms with van der Waals surface area (Å²) in [5.41, 5.74) is 2.56. The molecule has 0 bridgehead atoms. The van der Waals surface area contributed by atoms with E-state index in [1.165, 1.54) is 0 Å². The molecule has 0 amide bonds. The van der Waals surface area contributed by atoms with Crippen molar-refractivity contribution >= 4 is 17.4 Å². The van der Waals surface area contributed by atoms with E-state index in [9.17, 15) is 5.11 Å². The molecule has 1 fully saturated rings. The lowest BCUT2D eigenvalue weighted by Crippen LogP contribution is -2.43. The van der Waals surface area contributed by atoms with E-state index in [0.717, 1.165) is 30.1 Å². The summed E-state index contributed by atoms with van der Waals surface area (Å²) in [5, 5.41) is 19.0. The van der Waals surface area contributed by atoms with Crippen LogP contribution in [0.2, 0.25) is 0 Å². The second-order valence-corrected chi connectivity index (χ2v) is 7.39. The second kappa shape index (κ2) is 5.44. The summed E-state index contributed by atoms with van der Waals surface area (Å²) in [7, 11) is 0. The van der Waals surface area contributed by atoms with Gasteiger partial charge in [0.15, 0.2) is 0 Å². The maximum atomic E-state index is 9.91. The molecule has 0 spiro atoms. The number of rotatable bonds is 2. The van der Waals surface area contributed by atoms with Gasteiger partial charge in [-0.05, 0) is 32.9 Å². The van der Waals surface area contributed by atoms with Crippen LogP contribution in [0, 0.1) is 11.3 Å². The molecule has 2 rings (SSSR count). The number of nitrogens with zero attached hydrogens (tertiary/aromatic N) is 2. The molecule has 0 saturated carbocycles. The third-order valence-electron chi connectivity index (χ3n) is 3.38. The largest absolute Gasteiger partial charge is 0.389 e. The maximum Gasteiger partial charge on any atom is 0.0992 e. The molecule has 1 aliphatic heterocycles. The van der Waals surface area contributed by atoms with Gasteiger partial charge in [0, 0.05) is 34.8 Å². The Morgan fingerprint density at radius 3 is 2.79 bits per heavy atom. The van der Waals surface area contributed by atoms with Crippen LogP contribution in [0.5, 0.6) is 0 Å². The van der Waals surface area contributed by atoms with Crippen molar-refractivity contribution in [1.82, 2.24) is 0 Å². The molecule has 1 aromatic rings. The standard InChI is InChI=1S/C15H20N2OS/c1-11(18)13-5-4-12(9-16)8-14(13)17-6-7-19-15(2,3)10-17/h4-5,8,11,18H,6-7,10H2,1-3H3/t11-/m1/s1. The van der Waals surface area contributed by atoms with Gasteiger partial charge in [0.1, 0.15) is 0 Å². The lowest BCUT2D eigenvalue weighted by atomic mass is 10.0. The first-order chi connectivity index (χ1) is 8.93. The predicted molar refractivity (Wildman–Crippen MR) is 80.5 cm³/mol. The molecule has 1 N–H and O–H groups in total. The van der Waals surface area contributed by atoms with Gasteiger partial charge in [-0.3, -0.25) is 0 Å². The third kappa shape index (κ3) is 3.23. The lowest BCUT2D eigenvalue weighted by Gasteiger charge is -2.40. The number of anilines is 1. The molecule has 1 aromatic carbocycles. The Kier molecular flexibility index (Phi) is 4.07. The fourth-order valence-corrected chi connectivity index (χ4v) is 3.57. The fraction of sp³-hybridized carbons (Fsp3) is 0.533. The number of aliphatic hydroxyl groups excluding tert-OH is 1. The average molecular weight is 276 g/mol. The van der Waals surface area contributed by atoms with E-state index in [2.05, 4.69) is 24.8 Å². The molecule has 102 valence electrons. The topological polar surface area (TPSA) is 47.3 Å². The normalized spacial score (nSPS) is 19.8. The van der Waals surface area contributed by atoms with Gasteiger partial charge in [-0.25, -0.2) is 0 Å². The van der Waals surface area contributed by atoms with Gasteiger partial charge >= 0.3 is 0 Å². The van der Waals surface area contributed by atoms with E-state index in [0.29, 0.717) is 5.56 Å². The Hall–Kier alpha value is -1.18. The van der Waals surface area contributed by atoms with Crippen molar-refractivity contribution in [3.63, 3.8) is 0 Å². The highest BCUT2D eigenvalue weighted by molar-refractivity contribution is 8.00. The molecule has 4 heteroatoms. The number of nitriles is 1. The first-order valence-electron chi connectivity index (χ1n) is 6.54. The van der Waals surface area contributed by atoms with Gasteiger partial charge < -0.3 is 10.0 Å². The van der Waals surface area contributed by atoms with E-state index < -0.39 is 6.10 Å². The minimum Gasteiger partial charge on any atom is -0.389 e. The van der Waals surface area contributed by atoms with Gasteiger partial charge in [0.2, 0.25) is 0 Å². The van der Waals surface area contributed by atoms with Gasteiger partial charge in [0.25, 0.3) is 0 Å². The number of hydrogen-bond donors (Lipinski definition) is 1. The lowest BCUT2D eigenvalue weighted by molar-refractivity contribution is 0.199. The van der Waals surface area contributed by atoms with Crippen molar-refractivity contribution < 1.29 is 5.11 Å². The smallest absolute Gasteiger partial charge is 0.0992 e. The van der Waals surface area contributed by atoms with E-state index in [4.69, 9.17) is 5.26 Å². The van der Waals surface area contributed by atoms with Crippen molar-refractivity contribution in [2.24, 2.45) is 0 Å². The van der Waals surface area contributed by atoms with Crippen LogP contribution in [-0.4, -0.2) is 28.7 Å². The maximum absolute atomic E-state index is 9.91. The summed E-state index contributed by atoms with van der Waals surface area (Å²) < 4.78 is 0.205. The van der Waals surface area contributed by atoms with Crippen LogP contribution in [0.25, 0.3) is 0 Å². The first-order valence-corrected chi connectivity index (χ1v) is 7.52. The summed E-state index contributed by atoms with van der Waals surface area (Å²) in [6.07, 6.45) is -0.513. The first kappa shape index (κ1) is 14.2. The van der Waals surface area contributed by atoms with Crippen LogP contribution >= 0.6 is 11.8 Å². The van der Waals surface area contributed by atoms with Crippen LogP contribution in [0.4, 0.5) is 5.69 Å². The Labute approximate surface area is 119 Å². The second-order valence-electron chi connectivity index (χ2n) is 5.59. The average Bonchev–Trinajstić information content (AvgIpc) is 2.36. The third-order valence-corrected chi connectivity index (χ3v) is 4.67. The number of thioether (sulfide) groups is 1. The Morgan fingerprint density at radius 2 is 2.21 bits per heavy atom. The summed E-state index contributed by atoms with van der Waals surface area (Å²) in [5.74, 6) is 1.07. The van der Waals surface area contributed by atoms with Crippen molar-refractivity contribution in [3.8, 4) is 6.07 Å². The quantitative estimate of drug-likeness (QED) is 0.902. The van der Waals surface area contributed by atoms with Crippen LogP contribution in [0.15, 0.2) is 18.2 Å². The minimum absolute atomic E-state index is 0.205. The molecule has 0 aliphatic carbocycles. The minimum atomic E-state index is -0.513. The highest BCUT2D eigenvalue weighted by atomic mass is 32.2. The zero-order valence-corrected chi connectivity index (χ0v) is 12.5. The van der Waals surface area contributed by atoms with E-state index in [1.54, 1.807) is 13.0 Å². The van der Waals surface area contributed by atoms with Gasteiger partial charge in [0.05, 0.1) is 17.7 Å². The molecule has 3 nitrogen and oxygen atoms in total. The highest BCUT2D eigenvalue weighted by Crippen LogP contribution is 2.35. The Balaban J connectivity index is 2.39. The van der Waals surface area contributed by atoms with E-state index in [1.807, 2.05) is 23.9 Å². The number of aliphatic hydroxyl groups is 1. The van der Waals surface area contributed by atoms with Crippen LogP contribution in [0.3, 0.4) is 0 Å². The number of benzene rings is 1. The molecule has 1 aliphatic rings. The van der Waals surface area contributed by atoms with Crippen molar-refractivity contribution in [2.75, 3.05) is 23.7 Å². The molecule has 19 heavy (non-hydrogen) atoms. The molecule has 1 saturated heterocycles. The highest BCUT2D eigenvalue weighted by Gasteiger charge is 2.28. The fourth-order valence-electron chi connectivity index (χ4n) is 2.46. The van der Waals surface area contributed by atoms with Gasteiger partial charge in [-0.2, -0.15) is 17.0 Å². The van der Waals surface area contributed by atoms with Crippen LogP contribution in [0.1, 0.15) is 38.0 Å². The zero-order valence-electron chi connectivity index (χ0n) is 11.7. The summed E-state index contributed by atoms with van der Waals surface area (Å²) in [6.45, 7) is 8.14. The predicted octanol–water partition coefficient (Wildman–Crippen LogP) is 2.94.